The average molecular weight is 339 g/mol. The minimum absolute atomic E-state index is 0.0144. The standard InChI is InChI=1S/C15H13ClF2N4O/c16-8-14(19)22-13-6-5-11(7-12(13)18)21-15(23)20-10-3-1-9(17)2-4-10/h1-7H,8H2,(H2,19,22)(H2,20,21,23). The first-order chi connectivity index (χ1) is 11.0. The zero-order valence-electron chi connectivity index (χ0n) is 11.8. The van der Waals surface area contributed by atoms with Crippen molar-refractivity contribution < 1.29 is 13.6 Å². The fourth-order valence-electron chi connectivity index (χ4n) is 1.69. The molecule has 4 N–H and O–H groups in total. The lowest BCUT2D eigenvalue weighted by Crippen LogP contribution is -2.19. The normalized spacial score (nSPS) is 11.2. The summed E-state index contributed by atoms with van der Waals surface area (Å²) in [6.45, 7) is 0. The van der Waals surface area contributed by atoms with Crippen LogP contribution in [0, 0.1) is 11.6 Å². The van der Waals surface area contributed by atoms with Crippen molar-refractivity contribution >= 4 is 40.5 Å². The van der Waals surface area contributed by atoms with Gasteiger partial charge >= 0.3 is 6.03 Å². The summed E-state index contributed by atoms with van der Waals surface area (Å²) in [5, 5.41) is 4.94. The third kappa shape index (κ3) is 4.93. The molecule has 2 rings (SSSR count). The van der Waals surface area contributed by atoms with Crippen LogP contribution in [0.25, 0.3) is 0 Å². The van der Waals surface area contributed by atoms with E-state index in [9.17, 15) is 13.6 Å². The predicted octanol–water partition coefficient (Wildman–Crippen LogP) is 3.84. The predicted molar refractivity (Wildman–Crippen MR) is 87.4 cm³/mol. The molecule has 2 aromatic rings. The Hall–Kier alpha value is -2.67. The quantitative estimate of drug-likeness (QED) is 0.450. The topological polar surface area (TPSA) is 79.5 Å². The van der Waals surface area contributed by atoms with E-state index in [-0.39, 0.29) is 23.1 Å². The number of amidine groups is 1. The first kappa shape index (κ1) is 16.7. The minimum Gasteiger partial charge on any atom is -0.386 e. The molecule has 0 aliphatic carbocycles. The number of alkyl halides is 1. The molecule has 0 fully saturated rings. The van der Waals surface area contributed by atoms with Crippen LogP contribution in [0.5, 0.6) is 0 Å². The summed E-state index contributed by atoms with van der Waals surface area (Å²) in [6.07, 6.45) is 0. The van der Waals surface area contributed by atoms with Crippen molar-refractivity contribution in [3.05, 3.63) is 54.1 Å². The molecule has 120 valence electrons. The van der Waals surface area contributed by atoms with E-state index in [4.69, 9.17) is 17.3 Å². The van der Waals surface area contributed by atoms with Crippen LogP contribution in [-0.4, -0.2) is 17.7 Å². The van der Waals surface area contributed by atoms with Gasteiger partial charge in [0.2, 0.25) is 0 Å². The lowest BCUT2D eigenvalue weighted by molar-refractivity contribution is 0.262. The number of carbonyl (C=O) groups is 1. The van der Waals surface area contributed by atoms with Crippen LogP contribution in [-0.2, 0) is 0 Å². The number of hydrogen-bond acceptors (Lipinski definition) is 2. The Kier molecular flexibility index (Phi) is 5.48. The van der Waals surface area contributed by atoms with Gasteiger partial charge in [-0.25, -0.2) is 18.6 Å². The van der Waals surface area contributed by atoms with E-state index in [1.54, 1.807) is 0 Å². The maximum absolute atomic E-state index is 13.8. The van der Waals surface area contributed by atoms with Gasteiger partial charge < -0.3 is 16.4 Å². The summed E-state index contributed by atoms with van der Waals surface area (Å²) in [4.78, 5) is 15.6. The molecular weight excluding hydrogens is 326 g/mol. The third-order valence-corrected chi connectivity index (χ3v) is 2.98. The maximum Gasteiger partial charge on any atom is 0.323 e. The van der Waals surface area contributed by atoms with Gasteiger partial charge in [-0.05, 0) is 42.5 Å². The van der Waals surface area contributed by atoms with Gasteiger partial charge in [0.05, 0.1) is 5.88 Å². The summed E-state index contributed by atoms with van der Waals surface area (Å²) < 4.78 is 26.6. The molecule has 2 amide bonds. The first-order valence-electron chi connectivity index (χ1n) is 6.50. The Morgan fingerprint density at radius 1 is 1.09 bits per heavy atom. The van der Waals surface area contributed by atoms with E-state index < -0.39 is 17.7 Å². The van der Waals surface area contributed by atoms with Gasteiger partial charge in [0, 0.05) is 11.4 Å². The van der Waals surface area contributed by atoms with Gasteiger partial charge in [-0.3, -0.25) is 0 Å². The number of urea groups is 1. The van der Waals surface area contributed by atoms with Crippen molar-refractivity contribution in [1.29, 1.82) is 0 Å². The lowest BCUT2D eigenvalue weighted by atomic mass is 10.2. The lowest BCUT2D eigenvalue weighted by Gasteiger charge is -2.08. The van der Waals surface area contributed by atoms with E-state index in [1.165, 1.54) is 36.4 Å². The van der Waals surface area contributed by atoms with Crippen LogP contribution in [0.1, 0.15) is 0 Å². The van der Waals surface area contributed by atoms with Crippen LogP contribution in [0.3, 0.4) is 0 Å². The molecule has 0 saturated heterocycles. The number of benzene rings is 2. The van der Waals surface area contributed by atoms with Crippen molar-refractivity contribution in [2.75, 3.05) is 16.5 Å². The van der Waals surface area contributed by atoms with Crippen molar-refractivity contribution in [2.45, 2.75) is 0 Å². The average Bonchev–Trinajstić information content (AvgIpc) is 2.52. The van der Waals surface area contributed by atoms with E-state index >= 15 is 0 Å². The Balaban J connectivity index is 2.04. The van der Waals surface area contributed by atoms with Gasteiger partial charge in [0.1, 0.15) is 17.3 Å². The molecule has 0 atom stereocenters. The molecule has 0 bridgehead atoms. The first-order valence-corrected chi connectivity index (χ1v) is 7.03. The highest BCUT2D eigenvalue weighted by atomic mass is 35.5. The maximum atomic E-state index is 13.8. The highest BCUT2D eigenvalue weighted by molar-refractivity contribution is 6.28. The van der Waals surface area contributed by atoms with Crippen LogP contribution in [0.2, 0.25) is 0 Å². The van der Waals surface area contributed by atoms with E-state index in [2.05, 4.69) is 15.6 Å². The number of halogens is 3. The smallest absolute Gasteiger partial charge is 0.323 e. The van der Waals surface area contributed by atoms with Crippen molar-refractivity contribution in [2.24, 2.45) is 10.7 Å². The second kappa shape index (κ2) is 7.55. The van der Waals surface area contributed by atoms with Gasteiger partial charge in [0.15, 0.2) is 5.82 Å². The van der Waals surface area contributed by atoms with Crippen LogP contribution < -0.4 is 16.4 Å². The largest absolute Gasteiger partial charge is 0.386 e. The second-order valence-corrected chi connectivity index (χ2v) is 4.76. The number of amides is 2. The van der Waals surface area contributed by atoms with Crippen LogP contribution in [0.15, 0.2) is 47.5 Å². The third-order valence-electron chi connectivity index (χ3n) is 2.71. The number of nitrogens with zero attached hydrogens (tertiary/aromatic N) is 1. The van der Waals surface area contributed by atoms with Gasteiger partial charge in [-0.15, -0.1) is 11.6 Å². The van der Waals surface area contributed by atoms with Gasteiger partial charge in [0.25, 0.3) is 0 Å². The van der Waals surface area contributed by atoms with Gasteiger partial charge in [-0.1, -0.05) is 0 Å². The molecule has 0 radical (unpaired) electrons. The number of nitrogens with two attached hydrogens (primary N) is 1. The number of nitrogens with one attached hydrogen (secondary N) is 2. The molecule has 0 spiro atoms. The zero-order chi connectivity index (χ0) is 16.8. The fourth-order valence-corrected chi connectivity index (χ4v) is 1.75. The number of anilines is 2. The summed E-state index contributed by atoms with van der Waals surface area (Å²) >= 11 is 5.47. The Morgan fingerprint density at radius 3 is 2.30 bits per heavy atom. The molecule has 5 nitrogen and oxygen atoms in total. The molecule has 0 aliphatic heterocycles. The van der Waals surface area contributed by atoms with Crippen molar-refractivity contribution in [3.8, 4) is 0 Å². The molecule has 2 aromatic carbocycles. The van der Waals surface area contributed by atoms with Crippen molar-refractivity contribution in [1.82, 2.24) is 0 Å². The van der Waals surface area contributed by atoms with E-state index in [0.717, 1.165) is 6.07 Å². The molecule has 23 heavy (non-hydrogen) atoms. The molecule has 0 unspecified atom stereocenters. The van der Waals surface area contributed by atoms with E-state index in [1.807, 2.05) is 0 Å². The molecule has 0 saturated carbocycles. The Morgan fingerprint density at radius 2 is 1.70 bits per heavy atom. The number of carbonyl (C=O) groups excluding carboxylic acids is 1. The SMILES string of the molecule is NC(CCl)=Nc1ccc(NC(=O)Nc2ccc(F)cc2)cc1F. The second-order valence-electron chi connectivity index (χ2n) is 4.49. The molecule has 0 aromatic heterocycles. The summed E-state index contributed by atoms with van der Waals surface area (Å²) in [5.74, 6) is -0.997. The van der Waals surface area contributed by atoms with Gasteiger partial charge in [-0.2, -0.15) is 0 Å². The Bertz CT molecular complexity index is 735. The van der Waals surface area contributed by atoms with E-state index in [0.29, 0.717) is 5.69 Å². The number of aliphatic imine (C=N–C) groups is 1. The molecule has 0 aliphatic rings. The Labute approximate surface area is 136 Å². The highest BCUT2D eigenvalue weighted by Crippen LogP contribution is 2.22. The molecule has 8 heteroatoms. The fraction of sp³-hybridized carbons (Fsp3) is 0.0667. The van der Waals surface area contributed by atoms with Crippen LogP contribution >= 0.6 is 11.6 Å². The zero-order valence-corrected chi connectivity index (χ0v) is 12.6. The highest BCUT2D eigenvalue weighted by Gasteiger charge is 2.07. The monoisotopic (exact) mass is 338 g/mol. The number of hydrogen-bond donors (Lipinski definition) is 3. The van der Waals surface area contributed by atoms with Crippen LogP contribution in [0.4, 0.5) is 30.6 Å². The summed E-state index contributed by atoms with van der Waals surface area (Å²) in [6, 6.07) is 8.57. The van der Waals surface area contributed by atoms with Crippen molar-refractivity contribution in [3.63, 3.8) is 0 Å². The summed E-state index contributed by atoms with van der Waals surface area (Å²) in [5.41, 5.74) is 6.09. The number of rotatable bonds is 4. The summed E-state index contributed by atoms with van der Waals surface area (Å²) in [7, 11) is 0. The minimum atomic E-state index is -0.655. The molecule has 0 heterocycles. The molecular formula is C15H13ClF2N4O.